The van der Waals surface area contributed by atoms with Crippen molar-refractivity contribution in [2.45, 2.75) is 5.92 Å². The summed E-state index contributed by atoms with van der Waals surface area (Å²) in [5.41, 5.74) is 4.00. The van der Waals surface area contributed by atoms with E-state index >= 15 is 0 Å². The summed E-state index contributed by atoms with van der Waals surface area (Å²) in [6.45, 7) is 0. The van der Waals surface area contributed by atoms with E-state index in [-0.39, 0.29) is 20.7 Å². The van der Waals surface area contributed by atoms with Gasteiger partial charge in [0.05, 0.1) is 25.9 Å². The Morgan fingerprint density at radius 3 is 2.53 bits per heavy atom. The number of imide groups is 1. The van der Waals surface area contributed by atoms with Gasteiger partial charge in [-0.2, -0.15) is 5.10 Å². The number of nitrogens with zero attached hydrogens (tertiary/aromatic N) is 3. The minimum atomic E-state index is -1.41. The van der Waals surface area contributed by atoms with Crippen LogP contribution in [0.15, 0.2) is 47.6 Å². The summed E-state index contributed by atoms with van der Waals surface area (Å²) >= 11 is 13.0. The Balaban J connectivity index is 1.84. The molecule has 3 aromatic rings. The number of benzene rings is 2. The van der Waals surface area contributed by atoms with E-state index < -0.39 is 35.3 Å². The molecule has 4 amide bonds. The average molecular weight is 491 g/mol. The molecule has 162 valence electrons. The molecular formula is C19H12Cl2N6O4S. The molecule has 1 fully saturated rings. The molecule has 1 saturated heterocycles. The van der Waals surface area contributed by atoms with Gasteiger partial charge in [0.15, 0.2) is 0 Å². The lowest BCUT2D eigenvalue weighted by molar-refractivity contribution is -0.139. The van der Waals surface area contributed by atoms with E-state index in [9.17, 15) is 19.2 Å². The number of hydrogen-bond acceptors (Lipinski definition) is 8. The van der Waals surface area contributed by atoms with Crippen LogP contribution in [0.3, 0.4) is 0 Å². The minimum absolute atomic E-state index is 0.0153. The van der Waals surface area contributed by atoms with Crippen molar-refractivity contribution >= 4 is 79.8 Å². The molecular weight excluding hydrogens is 479 g/mol. The number of aromatic nitrogens is 1. The molecule has 32 heavy (non-hydrogen) atoms. The summed E-state index contributed by atoms with van der Waals surface area (Å²) in [7, 11) is 0. The Hall–Kier alpha value is -3.38. The van der Waals surface area contributed by atoms with Crippen LogP contribution in [0.2, 0.25) is 10.0 Å². The number of nitrogens with one attached hydrogen (secondary N) is 2. The molecule has 0 spiro atoms. The first-order chi connectivity index (χ1) is 15.3. The first-order valence-corrected chi connectivity index (χ1v) is 10.5. The molecule has 0 saturated carbocycles. The highest BCUT2D eigenvalue weighted by Crippen LogP contribution is 2.35. The van der Waals surface area contributed by atoms with E-state index in [0.717, 1.165) is 16.0 Å². The lowest BCUT2D eigenvalue weighted by Crippen LogP contribution is -2.55. The summed E-state index contributed by atoms with van der Waals surface area (Å²) in [6.07, 6.45) is 0. The normalized spacial score (nSPS) is 17.8. The Morgan fingerprint density at radius 1 is 1.09 bits per heavy atom. The maximum absolute atomic E-state index is 13.3. The van der Waals surface area contributed by atoms with Crippen molar-refractivity contribution in [2.24, 2.45) is 10.9 Å². The van der Waals surface area contributed by atoms with Gasteiger partial charge in [0.2, 0.25) is 5.78 Å². The number of hydrazone groups is 1. The molecule has 4 rings (SSSR count). The van der Waals surface area contributed by atoms with Gasteiger partial charge in [0, 0.05) is 0 Å². The molecule has 1 aliphatic heterocycles. The quantitative estimate of drug-likeness (QED) is 0.169. The van der Waals surface area contributed by atoms with Crippen LogP contribution in [-0.4, -0.2) is 34.3 Å². The molecule has 1 unspecified atom stereocenters. The summed E-state index contributed by atoms with van der Waals surface area (Å²) in [4.78, 5) is 55.9. The minimum Gasteiger partial charge on any atom is -0.287 e. The number of halogens is 2. The topological polar surface area (TPSA) is 147 Å². The predicted molar refractivity (Wildman–Crippen MR) is 120 cm³/mol. The number of Topliss-reactive ketones (excluding diaryl/α,β-unsaturated/α-hetero) is 1. The van der Waals surface area contributed by atoms with Crippen molar-refractivity contribution in [1.29, 1.82) is 0 Å². The number of urea groups is 1. The van der Waals surface area contributed by atoms with E-state index in [4.69, 9.17) is 29.0 Å². The molecule has 1 aromatic heterocycles. The van der Waals surface area contributed by atoms with E-state index in [0.29, 0.717) is 10.4 Å². The predicted octanol–water partition coefficient (Wildman–Crippen LogP) is 2.36. The van der Waals surface area contributed by atoms with Crippen LogP contribution in [0.25, 0.3) is 10.2 Å². The highest BCUT2D eigenvalue weighted by atomic mass is 35.5. The summed E-state index contributed by atoms with van der Waals surface area (Å²) in [5.74, 6) is 0.632. The van der Waals surface area contributed by atoms with Crippen LogP contribution in [-0.2, 0) is 14.4 Å². The van der Waals surface area contributed by atoms with Crippen molar-refractivity contribution in [3.63, 3.8) is 0 Å². The number of piperidine rings is 1. The van der Waals surface area contributed by atoms with E-state index in [2.05, 4.69) is 10.1 Å². The number of thiazole rings is 1. The molecule has 4 N–H and O–H groups in total. The SMILES string of the molecule is NNC(=O)N/N=C1/C(=O)N(c2ccc(Cl)c(Cl)c2)C(=O)C(=O)C1c1nc2ccccc2s1. The molecule has 10 nitrogen and oxygen atoms in total. The van der Waals surface area contributed by atoms with Crippen LogP contribution in [0.1, 0.15) is 10.9 Å². The van der Waals surface area contributed by atoms with Gasteiger partial charge < -0.3 is 0 Å². The zero-order valence-corrected chi connectivity index (χ0v) is 18.2. The van der Waals surface area contributed by atoms with Crippen LogP contribution in [0.4, 0.5) is 10.5 Å². The third-order valence-corrected chi connectivity index (χ3v) is 6.34. The Morgan fingerprint density at radius 2 is 1.84 bits per heavy atom. The molecule has 0 bridgehead atoms. The number of amides is 4. The van der Waals surface area contributed by atoms with Crippen molar-refractivity contribution in [1.82, 2.24) is 15.8 Å². The highest BCUT2D eigenvalue weighted by Gasteiger charge is 2.48. The van der Waals surface area contributed by atoms with Crippen LogP contribution in [0, 0.1) is 0 Å². The molecule has 1 aliphatic rings. The van der Waals surface area contributed by atoms with Gasteiger partial charge in [-0.15, -0.1) is 11.3 Å². The number of fused-ring (bicyclic) bond motifs is 1. The Labute approximate surface area is 194 Å². The number of hydrazine groups is 1. The summed E-state index contributed by atoms with van der Waals surface area (Å²) in [6, 6.07) is 10.1. The number of hydrogen-bond donors (Lipinski definition) is 3. The summed E-state index contributed by atoms with van der Waals surface area (Å²) < 4.78 is 0.745. The second-order valence-corrected chi connectivity index (χ2v) is 8.32. The van der Waals surface area contributed by atoms with Crippen molar-refractivity contribution in [2.75, 3.05) is 4.90 Å². The lowest BCUT2D eigenvalue weighted by atomic mass is 9.92. The van der Waals surface area contributed by atoms with Gasteiger partial charge >= 0.3 is 11.9 Å². The van der Waals surface area contributed by atoms with E-state index in [1.807, 2.05) is 5.43 Å². The van der Waals surface area contributed by atoms with Gasteiger partial charge in [-0.25, -0.2) is 25.9 Å². The number of rotatable bonds is 3. The van der Waals surface area contributed by atoms with Crippen molar-refractivity contribution < 1.29 is 19.2 Å². The molecule has 1 atom stereocenters. The fourth-order valence-electron chi connectivity index (χ4n) is 3.04. The Bertz CT molecular complexity index is 1290. The first-order valence-electron chi connectivity index (χ1n) is 8.89. The average Bonchev–Trinajstić information content (AvgIpc) is 3.21. The number of ketones is 1. The van der Waals surface area contributed by atoms with Gasteiger partial charge in [0.25, 0.3) is 5.91 Å². The molecule has 13 heteroatoms. The van der Waals surface area contributed by atoms with Crippen LogP contribution >= 0.6 is 34.5 Å². The number of carbonyl (C=O) groups excluding carboxylic acids is 4. The largest absolute Gasteiger partial charge is 0.349 e. The molecule has 0 radical (unpaired) electrons. The fourth-order valence-corrected chi connectivity index (χ4v) is 4.41. The van der Waals surface area contributed by atoms with Gasteiger partial charge in [-0.3, -0.25) is 19.8 Å². The summed E-state index contributed by atoms with van der Waals surface area (Å²) in [5, 5.41) is 4.23. The van der Waals surface area contributed by atoms with E-state index in [1.54, 1.807) is 29.7 Å². The number of para-hydroxylation sites is 1. The third-order valence-electron chi connectivity index (χ3n) is 4.50. The van der Waals surface area contributed by atoms with E-state index in [1.165, 1.54) is 18.2 Å². The monoisotopic (exact) mass is 490 g/mol. The van der Waals surface area contributed by atoms with Gasteiger partial charge in [0.1, 0.15) is 16.6 Å². The van der Waals surface area contributed by atoms with Crippen LogP contribution < -0.4 is 21.6 Å². The molecule has 0 aliphatic carbocycles. The van der Waals surface area contributed by atoms with Gasteiger partial charge in [-0.1, -0.05) is 35.3 Å². The first kappa shape index (κ1) is 21.8. The van der Waals surface area contributed by atoms with Crippen molar-refractivity contribution in [3.05, 3.63) is 57.5 Å². The Kier molecular flexibility index (Phi) is 5.89. The molecule has 2 heterocycles. The van der Waals surface area contributed by atoms with Gasteiger partial charge in [-0.05, 0) is 30.3 Å². The second kappa shape index (κ2) is 8.63. The maximum atomic E-state index is 13.3. The maximum Gasteiger partial charge on any atom is 0.349 e. The number of anilines is 1. The smallest absolute Gasteiger partial charge is 0.287 e. The third kappa shape index (κ3) is 3.82. The zero-order chi connectivity index (χ0) is 23.0. The highest BCUT2D eigenvalue weighted by molar-refractivity contribution is 7.19. The van der Waals surface area contributed by atoms with Crippen molar-refractivity contribution in [3.8, 4) is 0 Å². The lowest BCUT2D eigenvalue weighted by Gasteiger charge is -2.29. The molecule has 2 aromatic carbocycles. The van der Waals surface area contributed by atoms with Crippen LogP contribution in [0.5, 0.6) is 0 Å². The number of nitrogens with two attached hydrogens (primary N) is 1. The fraction of sp³-hybridized carbons (Fsp3) is 0.0526. The standard InChI is InChI=1S/C19H12Cl2N6O4S/c20-9-6-5-8(7-10(9)21)27-17(29)14(25-26-19(31)24-22)13(15(28)18(27)30)16-23-11-3-1-2-4-12(11)32-16/h1-7,13H,22H2,(H2,24,26,31)/b25-14+. The zero-order valence-electron chi connectivity index (χ0n) is 15.8. The second-order valence-electron chi connectivity index (χ2n) is 6.44. The number of carbonyl (C=O) groups is 4.